The van der Waals surface area contributed by atoms with Crippen molar-refractivity contribution in [2.75, 3.05) is 6.61 Å². The van der Waals surface area contributed by atoms with Crippen molar-refractivity contribution >= 4 is 39.1 Å². The molecular weight excluding hydrogens is 406 g/mol. The van der Waals surface area contributed by atoms with Crippen LogP contribution in [0.4, 0.5) is 0 Å². The van der Waals surface area contributed by atoms with Gasteiger partial charge in [-0.2, -0.15) is 0 Å². The lowest BCUT2D eigenvalue weighted by molar-refractivity contribution is -0.139. The number of benzene rings is 2. The molecule has 0 saturated heterocycles. The molecule has 1 saturated carbocycles. The zero-order chi connectivity index (χ0) is 20.5. The molecule has 4 rings (SSSR count). The quantitative estimate of drug-likeness (QED) is 0.437. The Balaban J connectivity index is 1.81. The Morgan fingerprint density at radius 1 is 1.31 bits per heavy atom. The van der Waals surface area contributed by atoms with Crippen LogP contribution in [0.2, 0.25) is 5.02 Å². The predicted octanol–water partition coefficient (Wildman–Crippen LogP) is 6.62. The van der Waals surface area contributed by atoms with Gasteiger partial charge in [-0.1, -0.05) is 31.5 Å². The molecule has 4 nitrogen and oxygen atoms in total. The maximum Gasteiger partial charge on any atom is 0.310 e. The Bertz CT molecular complexity index is 1040. The molecule has 1 aromatic heterocycles. The number of nitrogens with zero attached hydrogens (tertiary/aromatic N) is 1. The number of aliphatic carboxylic acids is 1. The highest BCUT2D eigenvalue weighted by molar-refractivity contribution is 7.16. The van der Waals surface area contributed by atoms with Crippen molar-refractivity contribution in [2.24, 2.45) is 11.8 Å². The minimum absolute atomic E-state index is 0.262. The summed E-state index contributed by atoms with van der Waals surface area (Å²) >= 11 is 8.22. The number of hydrogen-bond acceptors (Lipinski definition) is 4. The Morgan fingerprint density at radius 3 is 2.79 bits per heavy atom. The van der Waals surface area contributed by atoms with Gasteiger partial charge in [0.2, 0.25) is 0 Å². The monoisotopic (exact) mass is 429 g/mol. The van der Waals surface area contributed by atoms with E-state index in [1.54, 1.807) is 17.4 Å². The summed E-state index contributed by atoms with van der Waals surface area (Å²) in [6.45, 7) is 4.70. The summed E-state index contributed by atoms with van der Waals surface area (Å²) < 4.78 is 7.20. The van der Waals surface area contributed by atoms with E-state index in [-0.39, 0.29) is 5.92 Å². The average molecular weight is 430 g/mol. The maximum atomic E-state index is 12.0. The van der Waals surface area contributed by atoms with Gasteiger partial charge in [-0.15, -0.1) is 11.3 Å². The summed E-state index contributed by atoms with van der Waals surface area (Å²) in [5.74, 6) is 0.0638. The van der Waals surface area contributed by atoms with Gasteiger partial charge in [0.05, 0.1) is 33.3 Å². The van der Waals surface area contributed by atoms with E-state index >= 15 is 0 Å². The third-order valence-electron chi connectivity index (χ3n) is 5.28. The number of hydrogen-bond donors (Lipinski definition) is 1. The van der Waals surface area contributed by atoms with E-state index in [9.17, 15) is 9.90 Å². The molecule has 3 aromatic rings. The summed E-state index contributed by atoms with van der Waals surface area (Å²) in [6.07, 6.45) is 2.93. The number of rotatable bonds is 8. The molecule has 1 aliphatic carbocycles. The van der Waals surface area contributed by atoms with Gasteiger partial charge in [-0.05, 0) is 66.5 Å². The Labute approximate surface area is 179 Å². The Morgan fingerprint density at radius 2 is 2.10 bits per heavy atom. The van der Waals surface area contributed by atoms with Gasteiger partial charge in [-0.3, -0.25) is 4.79 Å². The molecule has 0 amide bonds. The first-order valence-electron chi connectivity index (χ1n) is 9.95. The summed E-state index contributed by atoms with van der Waals surface area (Å²) in [5, 5.41) is 10.3. The van der Waals surface area contributed by atoms with Crippen molar-refractivity contribution in [1.29, 1.82) is 0 Å². The van der Waals surface area contributed by atoms with Crippen LogP contribution >= 0.6 is 22.9 Å². The molecule has 1 fully saturated rings. The van der Waals surface area contributed by atoms with Crippen LogP contribution in [-0.4, -0.2) is 22.7 Å². The predicted molar refractivity (Wildman–Crippen MR) is 118 cm³/mol. The lowest BCUT2D eigenvalue weighted by Crippen LogP contribution is -2.14. The Kier molecular flexibility index (Phi) is 5.79. The highest BCUT2D eigenvalue weighted by Gasteiger charge is 2.26. The lowest BCUT2D eigenvalue weighted by atomic mass is 9.88. The molecular formula is C23H24ClNO3S. The fraction of sp³-hybridized carbons (Fsp3) is 0.391. The lowest BCUT2D eigenvalue weighted by Gasteiger charge is -2.20. The summed E-state index contributed by atoms with van der Waals surface area (Å²) in [4.78, 5) is 16.3. The van der Waals surface area contributed by atoms with Crippen LogP contribution in [0.5, 0.6) is 5.75 Å². The molecule has 1 aliphatic rings. The van der Waals surface area contributed by atoms with E-state index in [0.717, 1.165) is 26.9 Å². The first-order valence-corrected chi connectivity index (χ1v) is 11.2. The standard InChI is InChI=1S/C23H24ClNO3S/c1-13(2)7-18(23(26)27)16-8-17(15-5-6-20-21(10-15)29-12-25-20)22(19(24)9-16)28-11-14-3-4-14/h5-6,8-10,12-14,18H,3-4,7,11H2,1-2H3,(H,26,27). The van der Waals surface area contributed by atoms with Gasteiger partial charge < -0.3 is 9.84 Å². The van der Waals surface area contributed by atoms with Gasteiger partial charge in [0, 0.05) is 5.56 Å². The van der Waals surface area contributed by atoms with Crippen molar-refractivity contribution in [3.8, 4) is 16.9 Å². The van der Waals surface area contributed by atoms with E-state index in [1.165, 1.54) is 12.8 Å². The number of thiazole rings is 1. The molecule has 0 spiro atoms. The fourth-order valence-electron chi connectivity index (χ4n) is 3.54. The third-order valence-corrected chi connectivity index (χ3v) is 6.35. The van der Waals surface area contributed by atoms with E-state index in [0.29, 0.717) is 29.7 Å². The van der Waals surface area contributed by atoms with Gasteiger partial charge in [0.25, 0.3) is 0 Å². The molecule has 1 N–H and O–H groups in total. The highest BCUT2D eigenvalue weighted by atomic mass is 35.5. The third kappa shape index (κ3) is 4.57. The molecule has 152 valence electrons. The van der Waals surface area contributed by atoms with Crippen LogP contribution in [0, 0.1) is 11.8 Å². The van der Waals surface area contributed by atoms with Gasteiger partial charge in [0.1, 0.15) is 5.75 Å². The van der Waals surface area contributed by atoms with Gasteiger partial charge >= 0.3 is 5.97 Å². The number of ether oxygens (including phenoxy) is 1. The van der Waals surface area contributed by atoms with Crippen LogP contribution in [0.1, 0.15) is 44.6 Å². The summed E-state index contributed by atoms with van der Waals surface area (Å²) in [6, 6.07) is 9.76. The molecule has 6 heteroatoms. The first-order chi connectivity index (χ1) is 13.9. The van der Waals surface area contributed by atoms with Gasteiger partial charge in [-0.25, -0.2) is 4.98 Å². The number of fused-ring (bicyclic) bond motifs is 1. The van der Waals surface area contributed by atoms with Crippen molar-refractivity contribution < 1.29 is 14.6 Å². The molecule has 2 aromatic carbocycles. The van der Waals surface area contributed by atoms with Gasteiger partial charge in [0.15, 0.2) is 0 Å². The van der Waals surface area contributed by atoms with E-state index < -0.39 is 11.9 Å². The highest BCUT2D eigenvalue weighted by Crippen LogP contribution is 2.42. The topological polar surface area (TPSA) is 59.4 Å². The first kappa shape index (κ1) is 20.2. The average Bonchev–Trinajstić information content (AvgIpc) is 3.38. The second-order valence-electron chi connectivity index (χ2n) is 8.19. The van der Waals surface area contributed by atoms with E-state index in [4.69, 9.17) is 16.3 Å². The number of carboxylic acid groups (broad SMARTS) is 1. The molecule has 0 aliphatic heterocycles. The number of carbonyl (C=O) groups is 1. The zero-order valence-corrected chi connectivity index (χ0v) is 18.1. The van der Waals surface area contributed by atoms with Crippen LogP contribution in [0.15, 0.2) is 35.8 Å². The zero-order valence-electron chi connectivity index (χ0n) is 16.5. The van der Waals surface area contributed by atoms with Crippen molar-refractivity contribution in [3.63, 3.8) is 0 Å². The number of halogens is 1. The van der Waals surface area contributed by atoms with E-state index in [2.05, 4.69) is 11.1 Å². The number of carboxylic acids is 1. The van der Waals surface area contributed by atoms with Crippen molar-refractivity contribution in [3.05, 3.63) is 46.4 Å². The smallest absolute Gasteiger partial charge is 0.310 e. The summed E-state index contributed by atoms with van der Waals surface area (Å²) in [5.41, 5.74) is 5.30. The molecule has 1 heterocycles. The molecule has 0 bridgehead atoms. The minimum Gasteiger partial charge on any atom is -0.491 e. The van der Waals surface area contributed by atoms with Crippen molar-refractivity contribution in [1.82, 2.24) is 4.98 Å². The fourth-order valence-corrected chi connectivity index (χ4v) is 4.53. The Hall–Kier alpha value is -2.11. The largest absolute Gasteiger partial charge is 0.491 e. The molecule has 29 heavy (non-hydrogen) atoms. The van der Waals surface area contributed by atoms with Crippen LogP contribution < -0.4 is 4.74 Å². The minimum atomic E-state index is -0.828. The second-order valence-corrected chi connectivity index (χ2v) is 9.48. The van der Waals surface area contributed by atoms with Crippen LogP contribution in [0.25, 0.3) is 21.3 Å². The maximum absolute atomic E-state index is 12.0. The second kappa shape index (κ2) is 8.33. The molecule has 0 radical (unpaired) electrons. The van der Waals surface area contributed by atoms with Crippen molar-refractivity contribution in [2.45, 2.75) is 39.0 Å². The van der Waals surface area contributed by atoms with Crippen LogP contribution in [-0.2, 0) is 4.79 Å². The normalized spacial score (nSPS) is 15.0. The number of aromatic nitrogens is 1. The molecule has 1 unspecified atom stereocenters. The van der Waals surface area contributed by atoms with E-state index in [1.807, 2.05) is 37.6 Å². The SMILES string of the molecule is CC(C)CC(C(=O)O)c1cc(Cl)c(OCC2CC2)c(-c2ccc3ncsc3c2)c1. The molecule has 1 atom stereocenters. The van der Waals surface area contributed by atoms with Crippen LogP contribution in [0.3, 0.4) is 0 Å². The summed E-state index contributed by atoms with van der Waals surface area (Å²) in [7, 11) is 0.